The third-order valence-electron chi connectivity index (χ3n) is 24.1. The fourth-order valence-electron chi connectivity index (χ4n) is 16.4. The second-order valence-electron chi connectivity index (χ2n) is 35.0. The molecule has 754 valence electrons. The van der Waals surface area contributed by atoms with Gasteiger partial charge in [0.15, 0.2) is 0 Å². The number of benzene rings is 4. The van der Waals surface area contributed by atoms with Crippen molar-refractivity contribution in [1.29, 1.82) is 0 Å². The first-order valence-electron chi connectivity index (χ1n) is 46.6. The number of fused-ring (bicyclic) bond motifs is 4. The molecule has 1 unspecified atom stereocenters. The molecule has 0 saturated carbocycles. The van der Waals surface area contributed by atoms with Crippen LogP contribution >= 0.6 is 0 Å². The van der Waals surface area contributed by atoms with E-state index in [1.165, 1.54) is 24.3 Å². The van der Waals surface area contributed by atoms with Crippen molar-refractivity contribution < 1.29 is 42.9 Å². The molecule has 10 N–H and O–H groups in total. The molecule has 1 atom stereocenters. The maximum Gasteiger partial charge on any atom is 0.247 e. The van der Waals surface area contributed by atoms with Gasteiger partial charge < -0.3 is 101 Å². The highest BCUT2D eigenvalue weighted by Crippen LogP contribution is 2.44. The van der Waals surface area contributed by atoms with Crippen LogP contribution in [0.1, 0.15) is 26.2 Å². The van der Waals surface area contributed by atoms with Crippen molar-refractivity contribution in [2.45, 2.75) is 38.3 Å². The third-order valence-corrected chi connectivity index (χ3v) is 24.1. The maximum absolute atomic E-state index is 12.3. The Morgan fingerprint density at radius 2 is 0.731 bits per heavy atom. The molecule has 2 fully saturated rings. The van der Waals surface area contributed by atoms with Gasteiger partial charge in [0.05, 0.1) is 185 Å². The second kappa shape index (κ2) is 46.3. The molecule has 0 spiro atoms. The molecule has 2 aliphatic heterocycles. The number of rotatable bonds is 35. The van der Waals surface area contributed by atoms with Crippen LogP contribution in [0.5, 0.6) is 28.7 Å². The van der Waals surface area contributed by atoms with Crippen molar-refractivity contribution in [3.63, 3.8) is 0 Å². The molecular formula is C101H121N35O9. The van der Waals surface area contributed by atoms with E-state index in [-0.39, 0.29) is 29.7 Å². The lowest BCUT2D eigenvalue weighted by atomic mass is 10.0. The van der Waals surface area contributed by atoms with Crippen molar-refractivity contribution in [3.05, 3.63) is 222 Å². The monoisotopic (exact) mass is 1970 g/mol. The number of carbonyl (C=O) groups is 4. The van der Waals surface area contributed by atoms with E-state index in [4.69, 9.17) is 39.6 Å². The molecule has 4 amide bonds. The van der Waals surface area contributed by atoms with Crippen molar-refractivity contribution in [2.75, 3.05) is 187 Å². The molecule has 0 bridgehead atoms. The lowest BCUT2D eigenvalue weighted by Gasteiger charge is -2.37. The summed E-state index contributed by atoms with van der Waals surface area (Å²) in [4.78, 5) is 79.8. The van der Waals surface area contributed by atoms with Crippen LogP contribution in [-0.4, -0.2) is 278 Å². The number of nitrogens with two attached hydrogens (primary N) is 1. The summed E-state index contributed by atoms with van der Waals surface area (Å²) in [5.41, 5.74) is 24.1. The highest BCUT2D eigenvalue weighted by Gasteiger charge is 2.29. The van der Waals surface area contributed by atoms with Gasteiger partial charge in [-0.2, -0.15) is 20.4 Å². The molecule has 4 aromatic carbocycles. The van der Waals surface area contributed by atoms with E-state index in [1.54, 1.807) is 124 Å². The number of nitrogens with zero attached hydrogens (tertiary/aromatic N) is 26. The summed E-state index contributed by atoms with van der Waals surface area (Å²) in [5, 5.41) is 60.3. The van der Waals surface area contributed by atoms with Crippen LogP contribution in [-0.2, 0) is 47.4 Å². The van der Waals surface area contributed by atoms with Crippen molar-refractivity contribution >= 4 is 132 Å². The standard InChI is InChI=1S/C27H33N9O2.C25H29N9O2.C25H31N9O2.C24H28N8O3/c1-6-26(37)30-21-13-22(25(38-5)14-24(21)35-11-9-19(10-12-35)33(2)3)31-27-28-16-20-7-8-23(36(20)32-27)18-15-29-34(4)17-18;1-5-24(35)28-19-12-20(23(36-4)13-22(19)33-10-8-31(2)9-11-33)29-25-26-15-18-6-7-21(34(18)30-25)17-14-27-32(3)16-17;1-6-24(35)29-19-11-20(23(36-5)12-22(19)32(3)10-9-16(2)26)30-25-27-14-18-7-8-21(34(18)31-25)17-13-28-33(4)15-17;1-6-23(33)27-19-11-18(21(34-5)12-22(19)35-10-9-30(2)3)28-24-25-14-17-7-8-20(32(17)29-24)16-13-26-31(4)15-16/h6-8,13-17,19H,1,9-12H2,2-5H3,(H,30,37)(H,31,32);5-7,12-16H,1,8-11H2,2-4H3,(H,28,35)(H,29,30);6-8,11-16H,1,9-10,26H2,2-5H3,(H,29,35)(H,30,31);6-8,11-15H,1,9-10H2,2-5H3,(H,27,33)(H,28,29). The zero-order valence-corrected chi connectivity index (χ0v) is 83.8. The largest absolute Gasteiger partial charge is 0.494 e. The normalized spacial score (nSPS) is 12.8. The predicted octanol–water partition coefficient (Wildman–Crippen LogP) is 12.4. The van der Waals surface area contributed by atoms with Crippen LogP contribution < -0.4 is 86.7 Å². The number of carbonyl (C=O) groups excluding carboxylic acids is 4. The minimum atomic E-state index is -0.357. The van der Waals surface area contributed by atoms with Crippen LogP contribution in [0.2, 0.25) is 0 Å². The summed E-state index contributed by atoms with van der Waals surface area (Å²) in [6, 6.07) is 31.0. The van der Waals surface area contributed by atoms with E-state index < -0.39 is 0 Å². The average molecular weight is 1970 g/mol. The lowest BCUT2D eigenvalue weighted by molar-refractivity contribution is -0.112. The first kappa shape index (κ1) is 102. The molecule has 14 heterocycles. The molecule has 16 aromatic rings. The van der Waals surface area contributed by atoms with E-state index in [9.17, 15) is 19.2 Å². The minimum Gasteiger partial charge on any atom is -0.494 e. The fourth-order valence-corrected chi connectivity index (χ4v) is 16.4. The number of aromatic nitrogens is 20. The van der Waals surface area contributed by atoms with Crippen molar-refractivity contribution in [2.24, 2.45) is 33.9 Å². The van der Waals surface area contributed by atoms with E-state index in [2.05, 4.69) is 160 Å². The number of amides is 4. The Hall–Kier alpha value is -17.5. The summed E-state index contributed by atoms with van der Waals surface area (Å²) in [6.45, 7) is 23.4. The zero-order chi connectivity index (χ0) is 103. The molecule has 44 nitrogen and oxygen atoms in total. The highest BCUT2D eigenvalue weighted by atomic mass is 16.5. The molecule has 0 radical (unpaired) electrons. The van der Waals surface area contributed by atoms with E-state index in [0.29, 0.717) is 124 Å². The zero-order valence-electron chi connectivity index (χ0n) is 83.8. The maximum atomic E-state index is 12.3. The average Bonchev–Trinajstić information content (AvgIpc) is 1.71. The first-order chi connectivity index (χ1) is 70.0. The molecule has 2 aliphatic rings. The van der Waals surface area contributed by atoms with Gasteiger partial charge >= 0.3 is 0 Å². The van der Waals surface area contributed by atoms with E-state index in [1.807, 2.05) is 179 Å². The minimum absolute atomic E-state index is 0.0545. The molecule has 18 rings (SSSR count). The number of likely N-dealkylation sites (N-methyl/N-ethyl adjacent to an activating group) is 2. The number of methoxy groups -OCH3 is 4. The molecule has 2 saturated heterocycles. The van der Waals surface area contributed by atoms with Crippen LogP contribution in [0.3, 0.4) is 0 Å². The van der Waals surface area contributed by atoms with E-state index in [0.717, 1.165) is 143 Å². The number of piperidine rings is 1. The lowest BCUT2D eigenvalue weighted by Crippen LogP contribution is -2.44. The van der Waals surface area contributed by atoms with Gasteiger partial charge in [-0.1, -0.05) is 26.3 Å². The van der Waals surface area contributed by atoms with Crippen LogP contribution in [0.25, 0.3) is 67.1 Å². The summed E-state index contributed by atoms with van der Waals surface area (Å²) in [5.74, 6) is 3.02. The van der Waals surface area contributed by atoms with Gasteiger partial charge in [-0.25, -0.2) is 38.0 Å². The highest BCUT2D eigenvalue weighted by molar-refractivity contribution is 6.05. The second-order valence-corrected chi connectivity index (χ2v) is 35.0. The Bertz CT molecular complexity index is 7340. The van der Waals surface area contributed by atoms with Gasteiger partial charge in [-0.15, -0.1) is 20.4 Å². The summed E-state index contributed by atoms with van der Waals surface area (Å²) in [6.07, 6.45) is 29.7. The Labute approximate surface area is 837 Å². The molecular weight excluding hydrogens is 1850 g/mol. The van der Waals surface area contributed by atoms with Crippen LogP contribution in [0.15, 0.2) is 222 Å². The Morgan fingerprint density at radius 1 is 0.407 bits per heavy atom. The summed E-state index contributed by atoms with van der Waals surface area (Å²) in [7, 11) is 26.1. The molecule has 0 aliphatic carbocycles. The Balaban J connectivity index is 0.000000145. The first-order valence-corrected chi connectivity index (χ1v) is 46.6. The topological polar surface area (TPSA) is 448 Å². The SMILES string of the molecule is C=CC(=O)Nc1cc(Nc2ncc3ccc(-c4cnn(C)c4)n3n2)c(OC)cc1N(C)CCC(C)N.C=CC(=O)Nc1cc(Nc2ncc3ccc(-c4cnn(C)c4)n3n2)c(OC)cc1N1CCC(N(C)C)CC1.C=CC(=O)Nc1cc(Nc2ncc3ccc(-c4cnn(C)c4)n3n2)c(OC)cc1N1CCN(C)CC1.C=CC(=O)Nc1cc(Nc2ncc3ccc(-c4cnn(C)c4)n3n2)c(OC)cc1OCCN(C)C. The number of hydrogen-bond acceptors (Lipinski definition) is 32. The summed E-state index contributed by atoms with van der Waals surface area (Å²) < 4.78 is 42.9. The van der Waals surface area contributed by atoms with Gasteiger partial charge in [0.25, 0.3) is 0 Å². The number of ether oxygens (including phenoxy) is 5. The van der Waals surface area contributed by atoms with E-state index >= 15 is 0 Å². The number of hydrogen-bond donors (Lipinski definition) is 9. The fraction of sp³-hybridized carbons (Fsp3) is 0.287. The van der Waals surface area contributed by atoms with Gasteiger partial charge in [0.2, 0.25) is 47.4 Å². The molecule has 44 heteroatoms. The van der Waals surface area contributed by atoms with Crippen LogP contribution in [0, 0.1) is 0 Å². The number of aryl methyl sites for hydroxylation is 4. The quantitative estimate of drug-likeness (QED) is 0.0167. The number of anilines is 15. The number of nitrogens with one attached hydrogen (secondary N) is 8. The Kier molecular flexibility index (Phi) is 32.5. The van der Waals surface area contributed by atoms with Gasteiger partial charge in [0.1, 0.15) is 35.4 Å². The van der Waals surface area contributed by atoms with Gasteiger partial charge in [0, 0.05) is 171 Å². The molecule has 12 aromatic heterocycles. The van der Waals surface area contributed by atoms with Crippen molar-refractivity contribution in [3.8, 4) is 73.8 Å². The summed E-state index contributed by atoms with van der Waals surface area (Å²) >= 11 is 0. The van der Waals surface area contributed by atoms with Crippen molar-refractivity contribution in [1.82, 2.24) is 112 Å². The molecule has 145 heavy (non-hydrogen) atoms. The van der Waals surface area contributed by atoms with Crippen LogP contribution in [0.4, 0.5) is 86.4 Å². The predicted molar refractivity (Wildman–Crippen MR) is 565 cm³/mol. The number of piperazine rings is 1. The third kappa shape index (κ3) is 24.7. The van der Waals surface area contributed by atoms with Gasteiger partial charge in [-0.05, 0) is 159 Å². The smallest absolute Gasteiger partial charge is 0.247 e. The Morgan fingerprint density at radius 3 is 1.06 bits per heavy atom. The van der Waals surface area contributed by atoms with Gasteiger partial charge in [-0.3, -0.25) is 37.9 Å².